The molecule has 0 amide bonds. The zero-order chi connectivity index (χ0) is 23.7. The van der Waals surface area contributed by atoms with E-state index in [1.54, 1.807) is 18.3 Å². The number of benzene rings is 1. The first-order valence-electron chi connectivity index (χ1n) is 11.5. The number of halogens is 2. The van der Waals surface area contributed by atoms with Gasteiger partial charge < -0.3 is 5.32 Å². The molecule has 0 bridgehead atoms. The van der Waals surface area contributed by atoms with Crippen LogP contribution >= 0.6 is 23.2 Å². The van der Waals surface area contributed by atoms with Gasteiger partial charge in [-0.1, -0.05) is 42.3 Å². The fourth-order valence-electron chi connectivity index (χ4n) is 5.52. The maximum absolute atomic E-state index is 12.8. The molecule has 1 saturated carbocycles. The lowest BCUT2D eigenvalue weighted by Crippen LogP contribution is -2.61. The van der Waals surface area contributed by atoms with Crippen LogP contribution in [0.25, 0.3) is 0 Å². The van der Waals surface area contributed by atoms with Crippen LogP contribution in [0.15, 0.2) is 47.6 Å². The average molecular weight is 512 g/mol. The Morgan fingerprint density at radius 3 is 2.48 bits per heavy atom. The van der Waals surface area contributed by atoms with Gasteiger partial charge in [0.15, 0.2) is 0 Å². The minimum atomic E-state index is -3.59. The Bertz CT molecular complexity index is 1070. The molecular weight excluding hydrogens is 479 g/mol. The molecule has 1 atom stereocenters. The van der Waals surface area contributed by atoms with E-state index in [4.69, 9.17) is 23.2 Å². The summed E-state index contributed by atoms with van der Waals surface area (Å²) in [5.41, 5.74) is 0.620. The van der Waals surface area contributed by atoms with Crippen molar-refractivity contribution in [2.45, 2.75) is 56.0 Å². The maximum atomic E-state index is 12.8. The highest BCUT2D eigenvalue weighted by Crippen LogP contribution is 2.55. The van der Waals surface area contributed by atoms with Crippen LogP contribution in [0.5, 0.6) is 0 Å². The topological polar surface area (TPSA) is 74.3 Å². The highest BCUT2D eigenvalue weighted by molar-refractivity contribution is 7.89. The number of sulfonamides is 1. The summed E-state index contributed by atoms with van der Waals surface area (Å²) in [6.45, 7) is 8.31. The van der Waals surface area contributed by atoms with Gasteiger partial charge in [0.25, 0.3) is 0 Å². The predicted octanol–water partition coefficient (Wildman–Crippen LogP) is 4.44. The molecule has 2 fully saturated rings. The third kappa shape index (κ3) is 4.81. The van der Waals surface area contributed by atoms with Gasteiger partial charge in [0, 0.05) is 44.6 Å². The molecule has 1 aromatic carbocycles. The first-order valence-corrected chi connectivity index (χ1v) is 13.7. The molecule has 1 aromatic heterocycles. The Kier molecular flexibility index (Phi) is 7.39. The van der Waals surface area contributed by atoms with Gasteiger partial charge in [-0.2, -0.15) is 0 Å². The van der Waals surface area contributed by atoms with Crippen LogP contribution in [0.2, 0.25) is 10.0 Å². The lowest BCUT2D eigenvalue weighted by atomic mass is 9.59. The standard InChI is InChI=1S/C24H32Cl2N4O2S/c1-23(10-8-18(9-11-23)29-33(31,32)19-5-4-12-28-17-19)24(2,30-15-13-27-14-16-30)20-6-3-7-21(25)22(20)26/h3-7,12,17-18,27,29H,8-11,13-16H2,1-2H3. The lowest BCUT2D eigenvalue weighted by molar-refractivity contribution is -0.0503. The summed E-state index contributed by atoms with van der Waals surface area (Å²) in [5.74, 6) is 0. The molecule has 1 saturated heterocycles. The number of piperazine rings is 1. The van der Waals surface area contributed by atoms with E-state index < -0.39 is 10.0 Å². The van der Waals surface area contributed by atoms with E-state index in [0.717, 1.165) is 57.4 Å². The molecule has 1 aliphatic carbocycles. The molecule has 9 heteroatoms. The van der Waals surface area contributed by atoms with Crippen molar-refractivity contribution in [3.8, 4) is 0 Å². The van der Waals surface area contributed by atoms with E-state index in [-0.39, 0.29) is 21.9 Å². The minimum Gasteiger partial charge on any atom is -0.314 e. The highest BCUT2D eigenvalue weighted by atomic mass is 35.5. The molecule has 4 rings (SSSR count). The molecule has 2 heterocycles. The number of aromatic nitrogens is 1. The number of nitrogens with one attached hydrogen (secondary N) is 2. The normalized spacial score (nSPS) is 26.6. The van der Waals surface area contributed by atoms with Crippen LogP contribution in [0.1, 0.15) is 45.1 Å². The quantitative estimate of drug-likeness (QED) is 0.600. The summed E-state index contributed by atoms with van der Waals surface area (Å²) in [6.07, 6.45) is 6.22. The van der Waals surface area contributed by atoms with Gasteiger partial charge in [-0.3, -0.25) is 9.88 Å². The first kappa shape index (κ1) is 24.9. The van der Waals surface area contributed by atoms with Gasteiger partial charge in [-0.05, 0) is 61.8 Å². The third-order valence-electron chi connectivity index (χ3n) is 7.76. The summed E-state index contributed by atoms with van der Waals surface area (Å²) in [5, 5.41) is 4.62. The fraction of sp³-hybridized carbons (Fsp3) is 0.542. The third-order valence-corrected chi connectivity index (χ3v) is 10.1. The van der Waals surface area contributed by atoms with Crippen LogP contribution in [-0.2, 0) is 15.6 Å². The zero-order valence-electron chi connectivity index (χ0n) is 19.2. The molecule has 2 aromatic rings. The number of hydrogen-bond acceptors (Lipinski definition) is 5. The van der Waals surface area contributed by atoms with Crippen molar-refractivity contribution in [2.75, 3.05) is 26.2 Å². The SMILES string of the molecule is CC1(C(C)(c2cccc(Cl)c2Cl)N2CCNCC2)CCC(NS(=O)(=O)c2cccnc2)CC1. The van der Waals surface area contributed by atoms with Crippen molar-refractivity contribution in [1.29, 1.82) is 0 Å². The molecule has 2 N–H and O–H groups in total. The fourth-order valence-corrected chi connectivity index (χ4v) is 7.27. The molecule has 1 unspecified atom stereocenters. The Morgan fingerprint density at radius 1 is 1.15 bits per heavy atom. The Hall–Kier alpha value is -1.22. The van der Waals surface area contributed by atoms with Gasteiger partial charge in [0.2, 0.25) is 10.0 Å². The minimum absolute atomic E-state index is 0.102. The van der Waals surface area contributed by atoms with Gasteiger partial charge in [-0.15, -0.1) is 0 Å². The van der Waals surface area contributed by atoms with Gasteiger partial charge in [0.05, 0.1) is 15.6 Å². The summed E-state index contributed by atoms with van der Waals surface area (Å²) >= 11 is 13.2. The second kappa shape index (κ2) is 9.80. The van der Waals surface area contributed by atoms with Crippen molar-refractivity contribution in [3.63, 3.8) is 0 Å². The highest BCUT2D eigenvalue weighted by Gasteiger charge is 2.52. The smallest absolute Gasteiger partial charge is 0.242 e. The average Bonchev–Trinajstić information content (AvgIpc) is 2.83. The zero-order valence-corrected chi connectivity index (χ0v) is 21.5. The predicted molar refractivity (Wildman–Crippen MR) is 133 cm³/mol. The molecular formula is C24H32Cl2N4O2S. The van der Waals surface area contributed by atoms with Crippen molar-refractivity contribution >= 4 is 33.2 Å². The lowest BCUT2D eigenvalue weighted by Gasteiger charge is -2.57. The largest absolute Gasteiger partial charge is 0.314 e. The molecule has 0 radical (unpaired) electrons. The molecule has 0 spiro atoms. The Balaban J connectivity index is 1.59. The Morgan fingerprint density at radius 2 is 1.85 bits per heavy atom. The van der Waals surface area contributed by atoms with Crippen LogP contribution in [0.4, 0.5) is 0 Å². The van der Waals surface area contributed by atoms with E-state index >= 15 is 0 Å². The van der Waals surface area contributed by atoms with E-state index in [0.29, 0.717) is 10.0 Å². The summed E-state index contributed by atoms with van der Waals surface area (Å²) < 4.78 is 28.5. The van der Waals surface area contributed by atoms with Crippen LogP contribution in [0.3, 0.4) is 0 Å². The van der Waals surface area contributed by atoms with Crippen molar-refractivity contribution in [2.24, 2.45) is 5.41 Å². The monoisotopic (exact) mass is 510 g/mol. The summed E-state index contributed by atoms with van der Waals surface area (Å²) in [4.78, 5) is 6.68. The number of rotatable bonds is 6. The number of pyridine rings is 1. The molecule has 180 valence electrons. The van der Waals surface area contributed by atoms with Crippen LogP contribution in [0, 0.1) is 5.41 Å². The molecule has 6 nitrogen and oxygen atoms in total. The second-order valence-corrected chi connectivity index (χ2v) is 12.1. The van der Waals surface area contributed by atoms with E-state index in [1.807, 2.05) is 12.1 Å². The summed E-state index contributed by atoms with van der Waals surface area (Å²) in [6, 6.07) is 9.01. The van der Waals surface area contributed by atoms with Crippen LogP contribution in [-0.4, -0.2) is 50.5 Å². The van der Waals surface area contributed by atoms with E-state index in [9.17, 15) is 8.42 Å². The Labute approximate surface area is 207 Å². The summed E-state index contributed by atoms with van der Waals surface area (Å²) in [7, 11) is -3.59. The molecule has 1 aliphatic heterocycles. The number of hydrogen-bond donors (Lipinski definition) is 2. The molecule has 33 heavy (non-hydrogen) atoms. The van der Waals surface area contributed by atoms with Crippen molar-refractivity contribution in [1.82, 2.24) is 19.9 Å². The first-order chi connectivity index (χ1) is 15.7. The second-order valence-electron chi connectivity index (χ2n) is 9.56. The maximum Gasteiger partial charge on any atom is 0.242 e. The number of nitrogens with zero attached hydrogens (tertiary/aromatic N) is 2. The van der Waals surface area contributed by atoms with E-state index in [2.05, 4.69) is 39.8 Å². The van der Waals surface area contributed by atoms with Crippen molar-refractivity contribution in [3.05, 3.63) is 58.3 Å². The van der Waals surface area contributed by atoms with E-state index in [1.165, 1.54) is 6.20 Å². The van der Waals surface area contributed by atoms with Gasteiger partial charge in [-0.25, -0.2) is 13.1 Å². The van der Waals surface area contributed by atoms with Crippen molar-refractivity contribution < 1.29 is 8.42 Å². The van der Waals surface area contributed by atoms with Gasteiger partial charge in [0.1, 0.15) is 4.90 Å². The molecule has 2 aliphatic rings. The van der Waals surface area contributed by atoms with Crippen LogP contribution < -0.4 is 10.0 Å². The van der Waals surface area contributed by atoms with Gasteiger partial charge >= 0.3 is 0 Å².